The van der Waals surface area contributed by atoms with Crippen LogP contribution < -0.4 is 10.3 Å². The van der Waals surface area contributed by atoms with E-state index in [1.807, 2.05) is 13.8 Å². The lowest BCUT2D eigenvalue weighted by Crippen LogP contribution is -2.34. The summed E-state index contributed by atoms with van der Waals surface area (Å²) in [4.78, 5) is 17.6. The number of nitrogens with zero attached hydrogens (tertiary/aromatic N) is 3. The van der Waals surface area contributed by atoms with Crippen molar-refractivity contribution >= 4 is 36.9 Å². The summed E-state index contributed by atoms with van der Waals surface area (Å²) < 4.78 is 52.9. The molecule has 0 atom stereocenters. The molecule has 1 saturated carbocycles. The van der Waals surface area contributed by atoms with Crippen LogP contribution in [0.3, 0.4) is 0 Å². The van der Waals surface area contributed by atoms with E-state index < -0.39 is 31.2 Å². The molecule has 12 heteroatoms. The van der Waals surface area contributed by atoms with Crippen molar-refractivity contribution in [2.75, 3.05) is 16.7 Å². The number of benzene rings is 1. The summed E-state index contributed by atoms with van der Waals surface area (Å²) in [6.07, 6.45) is 4.34. The number of sulfone groups is 1. The molecule has 0 radical (unpaired) electrons. The number of fused-ring (bicyclic) bond motifs is 1. The van der Waals surface area contributed by atoms with E-state index in [1.165, 1.54) is 22.9 Å². The van der Waals surface area contributed by atoms with Crippen LogP contribution >= 0.6 is 0 Å². The monoisotopic (exact) mass is 508 g/mol. The summed E-state index contributed by atoms with van der Waals surface area (Å²) in [5.41, 5.74) is -0.168. The molecule has 0 bridgehead atoms. The third kappa shape index (κ3) is 4.88. The number of aromatic nitrogens is 2. The summed E-state index contributed by atoms with van der Waals surface area (Å²) >= 11 is 0. The predicted octanol–water partition coefficient (Wildman–Crippen LogP) is 2.54. The first kappa shape index (κ1) is 24.4. The molecule has 1 aromatic heterocycles. The first-order chi connectivity index (χ1) is 15.9. The molecule has 1 aromatic carbocycles. The lowest BCUT2D eigenvalue weighted by atomic mass is 9.82. The van der Waals surface area contributed by atoms with Gasteiger partial charge in [-0.05, 0) is 43.4 Å². The van der Waals surface area contributed by atoms with Crippen LogP contribution in [0.1, 0.15) is 56.7 Å². The first-order valence-corrected chi connectivity index (χ1v) is 14.7. The fourth-order valence-corrected chi connectivity index (χ4v) is 6.05. The highest BCUT2D eigenvalue weighted by Crippen LogP contribution is 2.41. The van der Waals surface area contributed by atoms with Crippen molar-refractivity contribution in [3.8, 4) is 5.75 Å². The molecule has 0 amide bonds. The summed E-state index contributed by atoms with van der Waals surface area (Å²) in [5.74, 6) is -0.554. The average Bonchev–Trinajstić information content (AvgIpc) is 2.66. The predicted molar refractivity (Wildman–Crippen MR) is 129 cm³/mol. The van der Waals surface area contributed by atoms with Crippen LogP contribution in [0.2, 0.25) is 0 Å². The highest BCUT2D eigenvalue weighted by molar-refractivity contribution is 7.92. The van der Waals surface area contributed by atoms with Crippen LogP contribution in [0.15, 0.2) is 32.9 Å². The normalized spacial score (nSPS) is 17.7. The fourth-order valence-electron chi connectivity index (χ4n) is 4.03. The zero-order valence-electron chi connectivity index (χ0n) is 19.3. The third-order valence-electron chi connectivity index (χ3n) is 6.04. The zero-order chi connectivity index (χ0) is 24.8. The zero-order valence-corrected chi connectivity index (χ0v) is 20.9. The largest absolute Gasteiger partial charge is 0.505 e. The van der Waals surface area contributed by atoms with Gasteiger partial charge in [0.25, 0.3) is 5.56 Å². The van der Waals surface area contributed by atoms with E-state index in [0.29, 0.717) is 24.6 Å². The second kappa shape index (κ2) is 8.81. The van der Waals surface area contributed by atoms with Crippen molar-refractivity contribution in [2.24, 2.45) is 10.9 Å². The van der Waals surface area contributed by atoms with Gasteiger partial charge in [0.2, 0.25) is 10.0 Å². The second-order valence-corrected chi connectivity index (χ2v) is 13.0. The molecule has 2 aliphatic rings. The number of hydrogen-bond donors (Lipinski definition) is 2. The number of aliphatic imine (C=N–C) groups is 1. The Morgan fingerprint density at radius 3 is 2.56 bits per heavy atom. The Kier molecular flexibility index (Phi) is 6.32. The third-order valence-corrected chi connectivity index (χ3v) is 8.29. The van der Waals surface area contributed by atoms with E-state index in [0.717, 1.165) is 25.5 Å². The highest BCUT2D eigenvalue weighted by atomic mass is 32.2. The van der Waals surface area contributed by atoms with Crippen molar-refractivity contribution in [3.63, 3.8) is 0 Å². The molecule has 34 heavy (non-hydrogen) atoms. The lowest BCUT2D eigenvalue weighted by molar-refractivity contribution is 0.362. The Morgan fingerprint density at radius 2 is 1.97 bits per heavy atom. The molecule has 2 aromatic rings. The number of aromatic hydroxyl groups is 1. The molecule has 1 aliphatic carbocycles. The van der Waals surface area contributed by atoms with Gasteiger partial charge in [0.1, 0.15) is 11.3 Å². The standard InChI is InChI=1S/C22H28N4O6S2/c1-13(2)9-10-26-22(28)19(21(27)20(24-26)14-5-4-6-14)17-12-34(31,32)18-11-15(25-33(3,29)30)7-8-16(18)23-17/h7-8,11,13-14,25,27H,4-6,9-10,12H2,1-3H3. The Labute approximate surface area is 198 Å². The van der Waals surface area contributed by atoms with Gasteiger partial charge in [0, 0.05) is 18.2 Å². The van der Waals surface area contributed by atoms with Crippen LogP contribution in [0.5, 0.6) is 5.75 Å². The van der Waals surface area contributed by atoms with E-state index in [9.17, 15) is 26.7 Å². The smallest absolute Gasteiger partial charge is 0.279 e. The molecule has 2 N–H and O–H groups in total. The minimum Gasteiger partial charge on any atom is -0.505 e. The maximum Gasteiger partial charge on any atom is 0.279 e. The Morgan fingerprint density at radius 1 is 1.26 bits per heavy atom. The molecule has 184 valence electrons. The number of hydrogen-bond acceptors (Lipinski definition) is 8. The molecule has 0 unspecified atom stereocenters. The van der Waals surface area contributed by atoms with Gasteiger partial charge in [0.05, 0.1) is 28.3 Å². The molecule has 0 saturated heterocycles. The van der Waals surface area contributed by atoms with Gasteiger partial charge in [-0.3, -0.25) is 14.5 Å². The van der Waals surface area contributed by atoms with Crippen molar-refractivity contribution in [1.82, 2.24) is 9.78 Å². The van der Waals surface area contributed by atoms with E-state index in [2.05, 4.69) is 14.8 Å². The van der Waals surface area contributed by atoms with Crippen LogP contribution in [0, 0.1) is 5.92 Å². The van der Waals surface area contributed by atoms with Crippen LogP contribution in [0.25, 0.3) is 0 Å². The Balaban J connectivity index is 1.86. The van der Waals surface area contributed by atoms with E-state index in [-0.39, 0.29) is 39.2 Å². The van der Waals surface area contributed by atoms with E-state index in [4.69, 9.17) is 0 Å². The molecule has 1 aliphatic heterocycles. The SMILES string of the molecule is CC(C)CCn1nc(C2CCC2)c(O)c(C2=Nc3ccc(NS(C)(=O)=O)cc3S(=O)(=O)C2)c1=O. The topological polar surface area (TPSA) is 148 Å². The summed E-state index contributed by atoms with van der Waals surface area (Å²) in [6, 6.07) is 3.98. The summed E-state index contributed by atoms with van der Waals surface area (Å²) in [6.45, 7) is 4.41. The van der Waals surface area contributed by atoms with Gasteiger partial charge < -0.3 is 5.11 Å². The van der Waals surface area contributed by atoms with Crippen molar-refractivity contribution < 1.29 is 21.9 Å². The number of aryl methyl sites for hydroxylation is 1. The average molecular weight is 509 g/mol. The van der Waals surface area contributed by atoms with Crippen LogP contribution in [0.4, 0.5) is 11.4 Å². The van der Waals surface area contributed by atoms with E-state index >= 15 is 0 Å². The minimum absolute atomic E-state index is 0.0161. The molecule has 1 fully saturated rings. The molecular formula is C22H28N4O6S2. The first-order valence-electron chi connectivity index (χ1n) is 11.1. The van der Waals surface area contributed by atoms with Gasteiger partial charge in [-0.2, -0.15) is 5.10 Å². The van der Waals surface area contributed by atoms with Gasteiger partial charge in [-0.1, -0.05) is 20.3 Å². The fraction of sp³-hybridized carbons (Fsp3) is 0.500. The molecule has 10 nitrogen and oxygen atoms in total. The second-order valence-electron chi connectivity index (χ2n) is 9.32. The lowest BCUT2D eigenvalue weighted by Gasteiger charge is -2.27. The number of rotatable bonds is 7. The summed E-state index contributed by atoms with van der Waals surface area (Å²) in [5, 5.41) is 15.5. The highest BCUT2D eigenvalue weighted by Gasteiger charge is 2.34. The van der Waals surface area contributed by atoms with Gasteiger partial charge in [-0.15, -0.1) is 0 Å². The maximum absolute atomic E-state index is 13.3. The van der Waals surface area contributed by atoms with Gasteiger partial charge in [0.15, 0.2) is 15.6 Å². The van der Waals surface area contributed by atoms with Gasteiger partial charge >= 0.3 is 0 Å². The minimum atomic E-state index is -3.96. The molecule has 2 heterocycles. The molecular weight excluding hydrogens is 480 g/mol. The number of nitrogens with one attached hydrogen (secondary N) is 1. The Bertz CT molecular complexity index is 1440. The van der Waals surface area contributed by atoms with Crippen molar-refractivity contribution in [2.45, 2.75) is 56.9 Å². The quantitative estimate of drug-likeness (QED) is 0.584. The number of anilines is 1. The van der Waals surface area contributed by atoms with Crippen molar-refractivity contribution in [1.29, 1.82) is 0 Å². The Hall–Kier alpha value is -2.73. The van der Waals surface area contributed by atoms with Crippen LogP contribution in [-0.2, 0) is 26.4 Å². The van der Waals surface area contributed by atoms with Crippen molar-refractivity contribution in [3.05, 3.63) is 39.8 Å². The number of sulfonamides is 1. The molecule has 4 rings (SSSR count). The van der Waals surface area contributed by atoms with Crippen LogP contribution in [-0.4, -0.2) is 49.4 Å². The van der Waals surface area contributed by atoms with E-state index in [1.54, 1.807) is 0 Å². The van der Waals surface area contributed by atoms with Gasteiger partial charge in [-0.25, -0.2) is 21.5 Å². The molecule has 0 spiro atoms. The summed E-state index contributed by atoms with van der Waals surface area (Å²) in [7, 11) is -7.56. The maximum atomic E-state index is 13.3.